The van der Waals surface area contributed by atoms with Gasteiger partial charge in [0.25, 0.3) is 0 Å². The van der Waals surface area contributed by atoms with Gasteiger partial charge in [0.15, 0.2) is 0 Å². The van der Waals surface area contributed by atoms with Crippen LogP contribution in [0.2, 0.25) is 0 Å². The normalized spacial score (nSPS) is 11.1. The van der Waals surface area contributed by atoms with E-state index < -0.39 is 11.6 Å². The third-order valence-electron chi connectivity index (χ3n) is 2.84. The zero-order valence-electron chi connectivity index (χ0n) is 13.1. The van der Waals surface area contributed by atoms with Gasteiger partial charge in [0.05, 0.1) is 11.3 Å². The van der Waals surface area contributed by atoms with Crippen LogP contribution >= 0.6 is 0 Å². The second kappa shape index (κ2) is 6.05. The number of pyridine rings is 1. The molecule has 0 spiro atoms. The van der Waals surface area contributed by atoms with E-state index in [-0.39, 0.29) is 0 Å². The number of hydrogen-bond donors (Lipinski definition) is 0. The molecular formula is C17H18N2O3. The lowest BCUT2D eigenvalue weighted by atomic mass is 10.1. The van der Waals surface area contributed by atoms with Crippen LogP contribution < -0.4 is 0 Å². The molecule has 0 aliphatic rings. The van der Waals surface area contributed by atoms with Crippen LogP contribution in [0, 0.1) is 11.8 Å². The summed E-state index contributed by atoms with van der Waals surface area (Å²) in [7, 11) is 0. The van der Waals surface area contributed by atoms with Gasteiger partial charge in [0.2, 0.25) is 0 Å². The number of hydrogen-bond acceptors (Lipinski definition) is 5. The largest absolute Gasteiger partial charge is 0.456 e. The second-order valence-electron chi connectivity index (χ2n) is 6.03. The van der Waals surface area contributed by atoms with E-state index in [1.807, 2.05) is 26.8 Å². The zero-order chi connectivity index (χ0) is 16.3. The van der Waals surface area contributed by atoms with E-state index in [4.69, 9.17) is 4.74 Å². The summed E-state index contributed by atoms with van der Waals surface area (Å²) in [5, 5.41) is 2.92. The molecule has 0 aliphatic carbocycles. The Kier molecular flexibility index (Phi) is 4.35. The Morgan fingerprint density at radius 1 is 1.18 bits per heavy atom. The molecule has 5 heteroatoms. The van der Waals surface area contributed by atoms with Gasteiger partial charge in [-0.3, -0.25) is 4.98 Å². The molecule has 22 heavy (non-hydrogen) atoms. The standard InChI is InChI=1S/C17H18N2O3/c1-11-8-13(16(20)22-17(2,3)4)10-15(18-11)12-6-5-7-14(9-12)19-21/h5-10H,1-4H3. The summed E-state index contributed by atoms with van der Waals surface area (Å²) in [6.45, 7) is 7.26. The maximum atomic E-state index is 12.2. The van der Waals surface area contributed by atoms with Gasteiger partial charge >= 0.3 is 5.97 Å². The van der Waals surface area contributed by atoms with Gasteiger partial charge in [-0.15, -0.1) is 4.91 Å². The van der Waals surface area contributed by atoms with Crippen molar-refractivity contribution >= 4 is 11.7 Å². The minimum atomic E-state index is -0.560. The molecule has 0 saturated heterocycles. The first-order chi connectivity index (χ1) is 10.3. The first kappa shape index (κ1) is 15.8. The highest BCUT2D eigenvalue weighted by molar-refractivity contribution is 5.91. The number of aryl methyl sites for hydroxylation is 1. The highest BCUT2D eigenvalue weighted by atomic mass is 16.6. The summed E-state index contributed by atoms with van der Waals surface area (Å²) in [6, 6.07) is 10.1. The van der Waals surface area contributed by atoms with Gasteiger partial charge in [-0.2, -0.15) is 0 Å². The van der Waals surface area contributed by atoms with Crippen molar-refractivity contribution in [2.45, 2.75) is 33.3 Å². The Morgan fingerprint density at radius 3 is 2.55 bits per heavy atom. The molecule has 5 nitrogen and oxygen atoms in total. The number of nitrogens with zero attached hydrogens (tertiary/aromatic N) is 2. The molecule has 0 amide bonds. The van der Waals surface area contributed by atoms with Crippen LogP contribution in [0.4, 0.5) is 5.69 Å². The van der Waals surface area contributed by atoms with Crippen LogP contribution in [-0.4, -0.2) is 16.6 Å². The number of esters is 1. The molecule has 1 aromatic heterocycles. The predicted octanol–water partition coefficient (Wildman–Crippen LogP) is 4.41. The van der Waals surface area contributed by atoms with Gasteiger partial charge in [-0.05, 0) is 57.1 Å². The fraction of sp³-hybridized carbons (Fsp3) is 0.294. The van der Waals surface area contributed by atoms with E-state index in [9.17, 15) is 9.70 Å². The third-order valence-corrected chi connectivity index (χ3v) is 2.84. The van der Waals surface area contributed by atoms with Crippen molar-refractivity contribution in [2.75, 3.05) is 0 Å². The Hall–Kier alpha value is -2.56. The molecule has 0 radical (unpaired) electrons. The zero-order valence-corrected chi connectivity index (χ0v) is 13.1. The number of rotatable bonds is 3. The average Bonchev–Trinajstić information content (AvgIpc) is 2.45. The van der Waals surface area contributed by atoms with Gasteiger partial charge in [0, 0.05) is 11.3 Å². The molecule has 0 bridgehead atoms. The summed E-state index contributed by atoms with van der Waals surface area (Å²) in [4.78, 5) is 27.3. The molecule has 0 saturated carbocycles. The van der Waals surface area contributed by atoms with Crippen LogP contribution in [-0.2, 0) is 4.74 Å². The number of ether oxygens (including phenoxy) is 1. The van der Waals surface area contributed by atoms with Gasteiger partial charge in [-0.25, -0.2) is 4.79 Å². The van der Waals surface area contributed by atoms with Crippen molar-refractivity contribution in [1.82, 2.24) is 4.98 Å². The lowest BCUT2D eigenvalue weighted by molar-refractivity contribution is 0.00693. The van der Waals surface area contributed by atoms with E-state index in [1.54, 1.807) is 37.3 Å². The molecule has 2 rings (SSSR count). The maximum absolute atomic E-state index is 12.2. The number of carbonyl (C=O) groups is 1. The molecule has 1 heterocycles. The Bertz CT molecular complexity index is 718. The summed E-state index contributed by atoms with van der Waals surface area (Å²) < 4.78 is 5.38. The summed E-state index contributed by atoms with van der Waals surface area (Å²) in [5.41, 5.74) is 2.22. The van der Waals surface area contributed by atoms with Crippen molar-refractivity contribution in [3.05, 3.63) is 52.6 Å². The minimum Gasteiger partial charge on any atom is -0.456 e. The van der Waals surface area contributed by atoms with Gasteiger partial charge < -0.3 is 4.74 Å². The molecular weight excluding hydrogens is 280 g/mol. The molecule has 0 aliphatic heterocycles. The van der Waals surface area contributed by atoms with Crippen molar-refractivity contribution in [1.29, 1.82) is 0 Å². The van der Waals surface area contributed by atoms with Crippen molar-refractivity contribution in [2.24, 2.45) is 5.18 Å². The molecule has 0 N–H and O–H groups in total. The first-order valence-electron chi connectivity index (χ1n) is 6.94. The summed E-state index contributed by atoms with van der Waals surface area (Å²) >= 11 is 0. The molecule has 2 aromatic rings. The maximum Gasteiger partial charge on any atom is 0.338 e. The Labute approximate surface area is 129 Å². The summed E-state index contributed by atoms with van der Waals surface area (Å²) in [5.74, 6) is -0.399. The molecule has 0 atom stereocenters. The molecule has 1 aromatic carbocycles. The Morgan fingerprint density at radius 2 is 1.91 bits per heavy atom. The number of nitroso groups, excluding NO2 is 1. The minimum absolute atomic E-state index is 0.319. The number of benzene rings is 1. The lowest BCUT2D eigenvalue weighted by Crippen LogP contribution is -2.24. The molecule has 0 unspecified atom stereocenters. The van der Waals surface area contributed by atoms with E-state index in [1.165, 1.54) is 0 Å². The Balaban J connectivity index is 2.42. The third kappa shape index (κ3) is 3.97. The van der Waals surface area contributed by atoms with Crippen molar-refractivity contribution < 1.29 is 9.53 Å². The van der Waals surface area contributed by atoms with Crippen LogP contribution in [0.5, 0.6) is 0 Å². The average molecular weight is 298 g/mol. The van der Waals surface area contributed by atoms with Crippen molar-refractivity contribution in [3.8, 4) is 11.3 Å². The van der Waals surface area contributed by atoms with E-state index in [0.717, 1.165) is 5.56 Å². The highest BCUT2D eigenvalue weighted by Gasteiger charge is 2.19. The highest BCUT2D eigenvalue weighted by Crippen LogP contribution is 2.24. The smallest absolute Gasteiger partial charge is 0.338 e. The first-order valence-corrected chi connectivity index (χ1v) is 6.94. The van der Waals surface area contributed by atoms with Crippen LogP contribution in [0.15, 0.2) is 41.6 Å². The SMILES string of the molecule is Cc1cc(C(=O)OC(C)(C)C)cc(-c2cccc(N=O)c2)n1. The fourth-order valence-corrected chi connectivity index (χ4v) is 1.99. The molecule has 0 fully saturated rings. The second-order valence-corrected chi connectivity index (χ2v) is 6.03. The van der Waals surface area contributed by atoms with E-state index in [0.29, 0.717) is 22.6 Å². The predicted molar refractivity (Wildman–Crippen MR) is 85.0 cm³/mol. The van der Waals surface area contributed by atoms with Crippen LogP contribution in [0.1, 0.15) is 36.8 Å². The molecule has 114 valence electrons. The van der Waals surface area contributed by atoms with Gasteiger partial charge in [0.1, 0.15) is 11.3 Å². The van der Waals surface area contributed by atoms with Crippen molar-refractivity contribution in [3.63, 3.8) is 0 Å². The van der Waals surface area contributed by atoms with E-state index in [2.05, 4.69) is 10.2 Å². The van der Waals surface area contributed by atoms with Gasteiger partial charge in [-0.1, -0.05) is 12.1 Å². The quantitative estimate of drug-likeness (QED) is 0.621. The van der Waals surface area contributed by atoms with Crippen LogP contribution in [0.25, 0.3) is 11.3 Å². The number of aromatic nitrogens is 1. The van der Waals surface area contributed by atoms with E-state index >= 15 is 0 Å². The summed E-state index contributed by atoms with van der Waals surface area (Å²) in [6.07, 6.45) is 0. The lowest BCUT2D eigenvalue weighted by Gasteiger charge is -2.19. The topological polar surface area (TPSA) is 68.6 Å². The fourth-order valence-electron chi connectivity index (χ4n) is 1.99. The number of carbonyl (C=O) groups excluding carboxylic acids is 1. The monoisotopic (exact) mass is 298 g/mol. The van der Waals surface area contributed by atoms with Crippen LogP contribution in [0.3, 0.4) is 0 Å².